The average Bonchev–Trinajstić information content (AvgIpc) is 3.27. The summed E-state index contributed by atoms with van der Waals surface area (Å²) in [5.74, 6) is 0.509. The number of likely N-dealkylation sites (tertiary alicyclic amines) is 1. The molecule has 9 nitrogen and oxygen atoms in total. The lowest BCUT2D eigenvalue weighted by Crippen LogP contribution is -2.44. The van der Waals surface area contributed by atoms with Crippen LogP contribution in [0.25, 0.3) is 22.1 Å². The quantitative estimate of drug-likeness (QED) is 0.130. The summed E-state index contributed by atoms with van der Waals surface area (Å²) in [5, 5.41) is 18.9. The van der Waals surface area contributed by atoms with Gasteiger partial charge in [-0.1, -0.05) is 54.6 Å². The maximum atomic E-state index is 13.5. The average molecular weight is 549 g/mol. The number of anilines is 1. The van der Waals surface area contributed by atoms with E-state index < -0.39 is 6.04 Å². The summed E-state index contributed by atoms with van der Waals surface area (Å²) in [4.78, 5) is 32.5. The Morgan fingerprint density at radius 3 is 2.71 bits per heavy atom. The van der Waals surface area contributed by atoms with Crippen molar-refractivity contribution < 1.29 is 14.0 Å². The number of hydrogen-bond acceptors (Lipinski definition) is 5. The molecule has 1 saturated heterocycles. The molecule has 2 amide bonds. The fraction of sp³-hybridized carbons (Fsp3) is 0.250. The Morgan fingerprint density at radius 2 is 1.88 bits per heavy atom. The molecule has 3 aromatic carbocycles. The van der Waals surface area contributed by atoms with Crippen molar-refractivity contribution in [3.05, 3.63) is 90.2 Å². The third-order valence-electron chi connectivity index (χ3n) is 7.03. The first kappa shape index (κ1) is 27.5. The molecule has 5 rings (SSSR count). The number of guanidine groups is 1. The number of nitrogens with zero attached hydrogens (tertiary/aromatic N) is 3. The minimum absolute atomic E-state index is 0.0523. The van der Waals surface area contributed by atoms with E-state index in [9.17, 15) is 14.9 Å². The molecule has 1 atom stereocenters. The van der Waals surface area contributed by atoms with Gasteiger partial charge in [-0.15, -0.1) is 0 Å². The molecular weight excluding hydrogens is 516 g/mol. The summed E-state index contributed by atoms with van der Waals surface area (Å²) < 4.78 is 5.63. The van der Waals surface area contributed by atoms with E-state index in [0.717, 1.165) is 46.3 Å². The van der Waals surface area contributed by atoms with Crippen molar-refractivity contribution in [2.45, 2.75) is 38.8 Å². The van der Waals surface area contributed by atoms with Gasteiger partial charge in [0.25, 0.3) is 0 Å². The highest BCUT2D eigenvalue weighted by molar-refractivity contribution is 5.98. The van der Waals surface area contributed by atoms with E-state index in [0.29, 0.717) is 25.2 Å². The molecule has 0 aliphatic carbocycles. The first-order valence-electron chi connectivity index (χ1n) is 13.7. The van der Waals surface area contributed by atoms with Gasteiger partial charge in [0.05, 0.1) is 6.54 Å². The molecule has 1 aliphatic heterocycles. The van der Waals surface area contributed by atoms with Crippen LogP contribution in [0.1, 0.15) is 30.6 Å². The Morgan fingerprint density at radius 1 is 1.07 bits per heavy atom. The zero-order valence-corrected chi connectivity index (χ0v) is 22.9. The lowest BCUT2D eigenvalue weighted by molar-refractivity contribution is -0.136. The van der Waals surface area contributed by atoms with Gasteiger partial charge < -0.3 is 20.0 Å². The van der Waals surface area contributed by atoms with Gasteiger partial charge in [-0.2, -0.15) is 5.26 Å². The number of furan rings is 1. The van der Waals surface area contributed by atoms with Crippen molar-refractivity contribution >= 4 is 34.4 Å². The lowest BCUT2D eigenvalue weighted by Gasteiger charge is -2.23. The number of rotatable bonds is 7. The Bertz CT molecular complexity index is 1600. The number of nitrogens with one attached hydrogen (secondary N) is 3. The largest absolute Gasteiger partial charge is 0.461 e. The highest BCUT2D eigenvalue weighted by Gasteiger charge is 2.28. The van der Waals surface area contributed by atoms with Crippen LogP contribution >= 0.6 is 0 Å². The predicted molar refractivity (Wildman–Crippen MR) is 159 cm³/mol. The minimum atomic E-state index is -0.715. The van der Waals surface area contributed by atoms with Gasteiger partial charge in [0.15, 0.2) is 6.19 Å². The van der Waals surface area contributed by atoms with Crippen LogP contribution in [-0.2, 0) is 16.1 Å². The monoisotopic (exact) mass is 548 g/mol. The third kappa shape index (κ3) is 6.92. The minimum Gasteiger partial charge on any atom is -0.461 e. The van der Waals surface area contributed by atoms with E-state index in [1.54, 1.807) is 4.90 Å². The van der Waals surface area contributed by atoms with Crippen LogP contribution in [-0.4, -0.2) is 41.8 Å². The number of fused-ring (bicyclic) bond motifs is 1. The summed E-state index contributed by atoms with van der Waals surface area (Å²) >= 11 is 0. The Balaban J connectivity index is 1.25. The zero-order chi connectivity index (χ0) is 28.6. The molecule has 9 heteroatoms. The summed E-state index contributed by atoms with van der Waals surface area (Å²) in [7, 11) is 0. The van der Waals surface area contributed by atoms with Crippen molar-refractivity contribution in [2.24, 2.45) is 4.99 Å². The molecule has 0 saturated carbocycles. The molecule has 0 spiro atoms. The van der Waals surface area contributed by atoms with E-state index in [1.807, 2.05) is 92.0 Å². The van der Waals surface area contributed by atoms with Gasteiger partial charge >= 0.3 is 0 Å². The fourth-order valence-corrected chi connectivity index (χ4v) is 5.05. The van der Waals surface area contributed by atoms with Gasteiger partial charge in [-0.05, 0) is 67.1 Å². The predicted octanol–water partition coefficient (Wildman–Crippen LogP) is 4.94. The second-order valence-corrected chi connectivity index (χ2v) is 10.0. The van der Waals surface area contributed by atoms with E-state index in [-0.39, 0.29) is 24.3 Å². The zero-order valence-electron chi connectivity index (χ0n) is 22.9. The van der Waals surface area contributed by atoms with E-state index >= 15 is 0 Å². The van der Waals surface area contributed by atoms with Crippen LogP contribution in [0, 0.1) is 18.4 Å². The van der Waals surface area contributed by atoms with Crippen molar-refractivity contribution in [3.63, 3.8) is 0 Å². The van der Waals surface area contributed by atoms with Crippen molar-refractivity contribution in [1.82, 2.24) is 15.5 Å². The molecule has 4 aromatic rings. The first-order valence-corrected chi connectivity index (χ1v) is 13.7. The number of benzene rings is 3. The molecule has 1 aliphatic rings. The topological polar surface area (TPSA) is 123 Å². The normalized spacial score (nSPS) is 15.7. The third-order valence-corrected chi connectivity index (χ3v) is 7.03. The summed E-state index contributed by atoms with van der Waals surface area (Å²) in [6.07, 6.45) is 3.97. The van der Waals surface area contributed by atoms with Crippen LogP contribution in [0.5, 0.6) is 0 Å². The van der Waals surface area contributed by atoms with Gasteiger partial charge in [0, 0.05) is 24.2 Å². The van der Waals surface area contributed by atoms with Crippen LogP contribution in [0.3, 0.4) is 0 Å². The molecule has 0 unspecified atom stereocenters. The van der Waals surface area contributed by atoms with Crippen LogP contribution in [0.2, 0.25) is 0 Å². The van der Waals surface area contributed by atoms with Crippen molar-refractivity contribution in [1.29, 1.82) is 5.26 Å². The first-order chi connectivity index (χ1) is 20.0. The molecular formula is C32H32N6O3. The maximum absolute atomic E-state index is 13.5. The standard InChI is InChI=1S/C32H32N6O3/c1-22-17-25-18-26(14-15-29(25)41-22)36-32(35-21-33)37-28-13-7-8-16-38(31(28)40)20-30(39)34-19-24-11-5-6-12-27(24)23-9-3-2-4-10-23/h2-6,9-12,14-15,17-18,28H,7-8,13,16,19-20H2,1H3,(H,34,39)(H2,35,36,37)/t28-/m0/s1. The second kappa shape index (κ2) is 12.8. The number of amides is 2. The van der Waals surface area contributed by atoms with Gasteiger partial charge in [0.1, 0.15) is 17.4 Å². The maximum Gasteiger partial charge on any atom is 0.247 e. The van der Waals surface area contributed by atoms with Gasteiger partial charge in [-0.25, -0.2) is 4.99 Å². The van der Waals surface area contributed by atoms with Crippen molar-refractivity contribution in [2.75, 3.05) is 18.4 Å². The van der Waals surface area contributed by atoms with Gasteiger partial charge in [-0.3, -0.25) is 14.9 Å². The number of aryl methyl sites for hydroxylation is 1. The summed E-state index contributed by atoms with van der Waals surface area (Å²) in [6.45, 7) is 2.66. The van der Waals surface area contributed by atoms with E-state index in [1.165, 1.54) is 0 Å². The fourth-order valence-electron chi connectivity index (χ4n) is 5.05. The molecule has 0 radical (unpaired) electrons. The number of aliphatic imine (C=N–C) groups is 1. The number of nitriles is 1. The second-order valence-electron chi connectivity index (χ2n) is 10.0. The molecule has 1 aromatic heterocycles. The summed E-state index contributed by atoms with van der Waals surface area (Å²) in [6, 6.07) is 24.7. The van der Waals surface area contributed by atoms with Crippen LogP contribution in [0.4, 0.5) is 5.69 Å². The number of carbonyl (C=O) groups is 2. The molecule has 1 fully saturated rings. The molecule has 0 bridgehead atoms. The smallest absolute Gasteiger partial charge is 0.247 e. The van der Waals surface area contributed by atoms with Crippen molar-refractivity contribution in [3.8, 4) is 17.3 Å². The SMILES string of the molecule is Cc1cc2cc(NC(=N[C@H]3CCCCN(CC(=O)NCc4ccccc4-c4ccccc4)C3=O)NC#N)ccc2o1. The number of carbonyl (C=O) groups excluding carboxylic acids is 2. The molecule has 208 valence electrons. The molecule has 41 heavy (non-hydrogen) atoms. The summed E-state index contributed by atoms with van der Waals surface area (Å²) in [5.41, 5.74) is 4.60. The highest BCUT2D eigenvalue weighted by atomic mass is 16.3. The number of hydrogen-bond donors (Lipinski definition) is 3. The van der Waals surface area contributed by atoms with E-state index in [4.69, 9.17) is 4.42 Å². The Labute approximate surface area is 238 Å². The van der Waals surface area contributed by atoms with Crippen LogP contribution < -0.4 is 16.0 Å². The molecule has 3 N–H and O–H groups in total. The van der Waals surface area contributed by atoms with E-state index in [2.05, 4.69) is 20.9 Å². The Kier molecular flexibility index (Phi) is 8.60. The lowest BCUT2D eigenvalue weighted by atomic mass is 10.00. The molecule has 2 heterocycles. The Hall–Kier alpha value is -5.10. The van der Waals surface area contributed by atoms with Crippen LogP contribution in [0.15, 0.2) is 88.3 Å². The van der Waals surface area contributed by atoms with Gasteiger partial charge in [0.2, 0.25) is 17.8 Å². The highest BCUT2D eigenvalue weighted by Crippen LogP contribution is 2.24.